The van der Waals surface area contributed by atoms with Crippen LogP contribution in [-0.2, 0) is 0 Å². The maximum Gasteiger partial charge on any atom is 0.0388 e. The molecule has 1 aliphatic heterocycles. The summed E-state index contributed by atoms with van der Waals surface area (Å²) < 4.78 is 0. The lowest BCUT2D eigenvalue weighted by Crippen LogP contribution is -1.95. The molecule has 1 heteroatoms. The van der Waals surface area contributed by atoms with E-state index in [4.69, 9.17) is 0 Å². The smallest absolute Gasteiger partial charge is 0.0388 e. The van der Waals surface area contributed by atoms with E-state index in [0.29, 0.717) is 0 Å². The van der Waals surface area contributed by atoms with Crippen LogP contribution in [0.15, 0.2) is 4.99 Å². The zero-order chi connectivity index (χ0) is 10.8. The average Bonchev–Trinajstić information content (AvgIpc) is 2.24. The van der Waals surface area contributed by atoms with Gasteiger partial charge in [-0.05, 0) is 26.2 Å². The molecule has 0 radical (unpaired) electrons. The quantitative estimate of drug-likeness (QED) is 0.546. The Morgan fingerprint density at radius 1 is 0.667 bits per heavy atom. The van der Waals surface area contributed by atoms with Crippen LogP contribution < -0.4 is 0 Å². The zero-order valence-electron chi connectivity index (χ0n) is 10.4. The SMILES string of the molecule is CC1=NCCCCCCCCCCCC1. The molecule has 15 heavy (non-hydrogen) atoms. The van der Waals surface area contributed by atoms with Gasteiger partial charge in [-0.3, -0.25) is 4.99 Å². The molecule has 0 aromatic rings. The van der Waals surface area contributed by atoms with E-state index < -0.39 is 0 Å². The normalized spacial score (nSPS) is 22.9. The van der Waals surface area contributed by atoms with Gasteiger partial charge in [-0.25, -0.2) is 0 Å². The third kappa shape index (κ3) is 7.58. The Morgan fingerprint density at radius 2 is 1.13 bits per heavy atom. The second kappa shape index (κ2) is 8.94. The maximum atomic E-state index is 4.63. The van der Waals surface area contributed by atoms with Crippen LogP contribution in [0.25, 0.3) is 0 Å². The van der Waals surface area contributed by atoms with Crippen molar-refractivity contribution >= 4 is 5.71 Å². The first-order chi connectivity index (χ1) is 7.39. The van der Waals surface area contributed by atoms with Crippen LogP contribution in [0.3, 0.4) is 0 Å². The second-order valence-electron chi connectivity index (χ2n) is 4.90. The summed E-state index contributed by atoms with van der Waals surface area (Å²) in [6, 6.07) is 0. The summed E-state index contributed by atoms with van der Waals surface area (Å²) in [5.41, 5.74) is 1.38. The molecule has 0 saturated carbocycles. The largest absolute Gasteiger partial charge is 0.294 e. The molecule has 0 N–H and O–H groups in total. The summed E-state index contributed by atoms with van der Waals surface area (Å²) >= 11 is 0. The predicted octanol–water partition coefficient (Wildman–Crippen LogP) is 4.75. The third-order valence-electron chi connectivity index (χ3n) is 3.33. The van der Waals surface area contributed by atoms with Gasteiger partial charge in [-0.2, -0.15) is 0 Å². The molecule has 1 nitrogen and oxygen atoms in total. The van der Waals surface area contributed by atoms with E-state index in [-0.39, 0.29) is 0 Å². The highest BCUT2D eigenvalue weighted by Crippen LogP contribution is 2.12. The first kappa shape index (κ1) is 12.7. The van der Waals surface area contributed by atoms with Crippen molar-refractivity contribution in [3.8, 4) is 0 Å². The summed E-state index contributed by atoms with van der Waals surface area (Å²) in [5.74, 6) is 0. The van der Waals surface area contributed by atoms with Gasteiger partial charge in [0, 0.05) is 12.3 Å². The van der Waals surface area contributed by atoms with Crippen molar-refractivity contribution in [2.24, 2.45) is 4.99 Å². The number of nitrogens with zero attached hydrogens (tertiary/aromatic N) is 1. The predicted molar refractivity (Wildman–Crippen MR) is 68.8 cm³/mol. The van der Waals surface area contributed by atoms with Gasteiger partial charge in [0.2, 0.25) is 0 Å². The molecule has 0 spiro atoms. The van der Waals surface area contributed by atoms with Crippen molar-refractivity contribution in [3.05, 3.63) is 0 Å². The summed E-state index contributed by atoms with van der Waals surface area (Å²) in [7, 11) is 0. The molecule has 0 bridgehead atoms. The van der Waals surface area contributed by atoms with Gasteiger partial charge in [0.05, 0.1) is 0 Å². The molecule has 0 aromatic heterocycles. The van der Waals surface area contributed by atoms with Crippen LogP contribution in [0.5, 0.6) is 0 Å². The third-order valence-corrected chi connectivity index (χ3v) is 3.33. The minimum absolute atomic E-state index is 1.08. The Kier molecular flexibility index (Phi) is 7.59. The van der Waals surface area contributed by atoms with Crippen LogP contribution >= 0.6 is 0 Å². The van der Waals surface area contributed by atoms with Crippen LogP contribution in [0, 0.1) is 0 Å². The van der Waals surface area contributed by atoms with E-state index >= 15 is 0 Å². The second-order valence-corrected chi connectivity index (χ2v) is 4.90. The highest BCUT2D eigenvalue weighted by Gasteiger charge is 1.96. The van der Waals surface area contributed by atoms with Crippen molar-refractivity contribution in [3.63, 3.8) is 0 Å². The highest BCUT2D eigenvalue weighted by atomic mass is 14.7. The van der Waals surface area contributed by atoms with Gasteiger partial charge in [0.15, 0.2) is 0 Å². The van der Waals surface area contributed by atoms with Gasteiger partial charge in [-0.15, -0.1) is 0 Å². The van der Waals surface area contributed by atoms with Crippen LogP contribution in [0.2, 0.25) is 0 Å². The minimum atomic E-state index is 1.08. The van der Waals surface area contributed by atoms with Crippen molar-refractivity contribution in [2.75, 3.05) is 6.54 Å². The molecular weight excluding hydrogens is 182 g/mol. The lowest BCUT2D eigenvalue weighted by molar-refractivity contribution is 0.552. The van der Waals surface area contributed by atoms with Gasteiger partial charge < -0.3 is 0 Å². The monoisotopic (exact) mass is 209 g/mol. The first-order valence-corrected chi connectivity index (χ1v) is 6.89. The molecule has 0 unspecified atom stereocenters. The molecule has 0 amide bonds. The van der Waals surface area contributed by atoms with Crippen LogP contribution in [0.4, 0.5) is 0 Å². The molecule has 0 aromatic carbocycles. The Bertz CT molecular complexity index is 172. The molecule has 0 saturated heterocycles. The molecule has 1 aliphatic rings. The molecule has 0 fully saturated rings. The Labute approximate surface area is 95.4 Å². The van der Waals surface area contributed by atoms with Gasteiger partial charge >= 0.3 is 0 Å². The summed E-state index contributed by atoms with van der Waals surface area (Å²) in [4.78, 5) is 4.63. The van der Waals surface area contributed by atoms with E-state index in [1.54, 1.807) is 0 Å². The lowest BCUT2D eigenvalue weighted by atomic mass is 10.0. The Morgan fingerprint density at radius 3 is 1.73 bits per heavy atom. The van der Waals surface area contributed by atoms with E-state index in [1.165, 1.54) is 76.3 Å². The molecule has 0 aliphatic carbocycles. The Balaban J connectivity index is 2.20. The fraction of sp³-hybridized carbons (Fsp3) is 0.929. The van der Waals surface area contributed by atoms with Crippen molar-refractivity contribution in [2.45, 2.75) is 77.6 Å². The first-order valence-electron chi connectivity index (χ1n) is 6.89. The Hall–Kier alpha value is -0.330. The lowest BCUT2D eigenvalue weighted by Gasteiger charge is -2.05. The van der Waals surface area contributed by atoms with Crippen molar-refractivity contribution < 1.29 is 0 Å². The van der Waals surface area contributed by atoms with E-state index in [9.17, 15) is 0 Å². The summed E-state index contributed by atoms with van der Waals surface area (Å²) in [6.45, 7) is 3.28. The highest BCUT2D eigenvalue weighted by molar-refractivity contribution is 5.81. The molecule has 0 atom stereocenters. The molecular formula is C14H27N. The van der Waals surface area contributed by atoms with E-state index in [1.807, 2.05) is 0 Å². The fourth-order valence-corrected chi connectivity index (χ4v) is 2.26. The molecule has 88 valence electrons. The number of hydrogen-bond acceptors (Lipinski definition) is 1. The van der Waals surface area contributed by atoms with Gasteiger partial charge in [0.25, 0.3) is 0 Å². The number of rotatable bonds is 0. The van der Waals surface area contributed by atoms with Gasteiger partial charge in [0.1, 0.15) is 0 Å². The van der Waals surface area contributed by atoms with Crippen LogP contribution in [0.1, 0.15) is 77.6 Å². The van der Waals surface area contributed by atoms with Crippen molar-refractivity contribution in [1.82, 2.24) is 0 Å². The summed E-state index contributed by atoms with van der Waals surface area (Å²) in [6.07, 6.45) is 15.4. The maximum absolute atomic E-state index is 4.63. The fourth-order valence-electron chi connectivity index (χ4n) is 2.26. The average molecular weight is 209 g/mol. The number of hydrogen-bond donors (Lipinski definition) is 0. The van der Waals surface area contributed by atoms with Crippen molar-refractivity contribution in [1.29, 1.82) is 0 Å². The summed E-state index contributed by atoms with van der Waals surface area (Å²) in [5, 5.41) is 0. The molecule has 1 rings (SSSR count). The topological polar surface area (TPSA) is 12.4 Å². The number of aliphatic imine (C=N–C) groups is 1. The van der Waals surface area contributed by atoms with Gasteiger partial charge in [-0.1, -0.05) is 51.4 Å². The van der Waals surface area contributed by atoms with E-state index in [0.717, 1.165) is 6.54 Å². The minimum Gasteiger partial charge on any atom is -0.294 e. The van der Waals surface area contributed by atoms with E-state index in [2.05, 4.69) is 11.9 Å². The molecule has 1 heterocycles. The van der Waals surface area contributed by atoms with Crippen LogP contribution in [-0.4, -0.2) is 12.3 Å². The standard InChI is InChI=1S/C14H27N/c1-14-12-10-8-6-4-2-3-5-7-9-11-13-15-14/h2-13H2,1H3. The zero-order valence-corrected chi connectivity index (χ0v) is 10.4.